The number of carbonyl (C=O) groups is 1. The lowest BCUT2D eigenvalue weighted by Gasteiger charge is -2.00. The van der Waals surface area contributed by atoms with Crippen LogP contribution in [0.4, 0.5) is 0 Å². The topological polar surface area (TPSA) is 71.4 Å². The molecule has 0 unspecified atom stereocenters. The lowest BCUT2D eigenvalue weighted by molar-refractivity contribution is 0.0696. The molecule has 1 aliphatic heterocycles. The van der Waals surface area contributed by atoms with Crippen LogP contribution in [0, 0.1) is 0 Å². The molecule has 0 saturated carbocycles. The Morgan fingerprint density at radius 3 is 2.33 bits per heavy atom. The summed E-state index contributed by atoms with van der Waals surface area (Å²) in [5, 5.41) is 8.91. The number of carboxylic acids is 1. The van der Waals surface area contributed by atoms with E-state index < -0.39 is 15.8 Å². The molecule has 1 heterocycles. The predicted molar refractivity (Wildman–Crippen MR) is 64.3 cm³/mol. The minimum atomic E-state index is -3.58. The minimum Gasteiger partial charge on any atom is -0.478 e. The van der Waals surface area contributed by atoms with Crippen LogP contribution >= 0.6 is 0 Å². The Morgan fingerprint density at radius 1 is 0.944 bits per heavy atom. The number of fused-ring (bicyclic) bond motifs is 3. The van der Waals surface area contributed by atoms with Gasteiger partial charge in [0.1, 0.15) is 0 Å². The van der Waals surface area contributed by atoms with Gasteiger partial charge in [0, 0.05) is 11.1 Å². The normalized spacial score (nSPS) is 14.9. The Hall–Kier alpha value is -2.14. The van der Waals surface area contributed by atoms with E-state index in [2.05, 4.69) is 0 Å². The van der Waals surface area contributed by atoms with E-state index in [0.29, 0.717) is 11.1 Å². The number of hydrogen-bond acceptors (Lipinski definition) is 3. The molecule has 90 valence electrons. The summed E-state index contributed by atoms with van der Waals surface area (Å²) in [6, 6.07) is 10.8. The van der Waals surface area contributed by atoms with Gasteiger partial charge < -0.3 is 5.11 Å². The zero-order chi connectivity index (χ0) is 12.9. The number of rotatable bonds is 1. The fraction of sp³-hybridized carbons (Fsp3) is 0. The van der Waals surface area contributed by atoms with Gasteiger partial charge >= 0.3 is 5.97 Å². The standard InChI is InChI=1S/C13H8O4S/c14-13(15)8-5-6-10-9-3-1-2-4-11(9)18(16,17)12(10)7-8/h1-7H,(H,14,15). The smallest absolute Gasteiger partial charge is 0.335 e. The highest BCUT2D eigenvalue weighted by atomic mass is 32.2. The van der Waals surface area contributed by atoms with Crippen molar-refractivity contribution < 1.29 is 18.3 Å². The van der Waals surface area contributed by atoms with Crippen LogP contribution in [0.2, 0.25) is 0 Å². The molecule has 0 radical (unpaired) electrons. The highest BCUT2D eigenvalue weighted by molar-refractivity contribution is 7.92. The fourth-order valence-electron chi connectivity index (χ4n) is 2.14. The van der Waals surface area contributed by atoms with Gasteiger partial charge in [0.2, 0.25) is 9.84 Å². The monoisotopic (exact) mass is 260 g/mol. The lowest BCUT2D eigenvalue weighted by atomic mass is 10.0. The van der Waals surface area contributed by atoms with Gasteiger partial charge in [-0.2, -0.15) is 0 Å². The second-order valence-corrected chi connectivity index (χ2v) is 5.90. The van der Waals surface area contributed by atoms with Crippen molar-refractivity contribution in [3.8, 4) is 11.1 Å². The van der Waals surface area contributed by atoms with Crippen molar-refractivity contribution in [2.24, 2.45) is 0 Å². The van der Waals surface area contributed by atoms with Crippen molar-refractivity contribution in [2.45, 2.75) is 9.79 Å². The summed E-state index contributed by atoms with van der Waals surface area (Å²) in [7, 11) is -3.58. The van der Waals surface area contributed by atoms with Gasteiger partial charge in [-0.25, -0.2) is 13.2 Å². The largest absolute Gasteiger partial charge is 0.478 e. The van der Waals surface area contributed by atoms with Crippen molar-refractivity contribution in [1.29, 1.82) is 0 Å². The SMILES string of the molecule is O=C(O)c1ccc2c(c1)S(=O)(=O)c1ccccc1-2. The quantitative estimate of drug-likeness (QED) is 0.728. The fourth-order valence-corrected chi connectivity index (χ4v) is 3.85. The zero-order valence-electron chi connectivity index (χ0n) is 9.12. The average molecular weight is 260 g/mol. The summed E-state index contributed by atoms with van der Waals surface area (Å²) in [6.07, 6.45) is 0. The Bertz CT molecular complexity index is 775. The Morgan fingerprint density at radius 2 is 1.61 bits per heavy atom. The maximum atomic E-state index is 12.3. The molecule has 0 saturated heterocycles. The van der Waals surface area contributed by atoms with Crippen molar-refractivity contribution in [1.82, 2.24) is 0 Å². The predicted octanol–water partition coefficient (Wildman–Crippen LogP) is 2.20. The van der Waals surface area contributed by atoms with Gasteiger partial charge in [-0.1, -0.05) is 24.3 Å². The van der Waals surface area contributed by atoms with Crippen LogP contribution in [0.5, 0.6) is 0 Å². The van der Waals surface area contributed by atoms with E-state index in [1.807, 2.05) is 0 Å². The third kappa shape index (κ3) is 1.31. The lowest BCUT2D eigenvalue weighted by Crippen LogP contribution is -2.00. The van der Waals surface area contributed by atoms with Gasteiger partial charge in [0.05, 0.1) is 15.4 Å². The Labute approximate surface area is 103 Å². The first-order chi connectivity index (χ1) is 8.51. The zero-order valence-corrected chi connectivity index (χ0v) is 9.94. The molecule has 0 spiro atoms. The van der Waals surface area contributed by atoms with Gasteiger partial charge in [-0.05, 0) is 18.2 Å². The summed E-state index contributed by atoms with van der Waals surface area (Å²) < 4.78 is 24.5. The first kappa shape index (κ1) is 11.0. The third-order valence-corrected chi connectivity index (χ3v) is 4.84. The molecule has 0 fully saturated rings. The van der Waals surface area contributed by atoms with Gasteiger partial charge in [0.15, 0.2) is 0 Å². The van der Waals surface area contributed by atoms with Crippen LogP contribution in [-0.4, -0.2) is 19.5 Å². The first-order valence-corrected chi connectivity index (χ1v) is 6.72. The van der Waals surface area contributed by atoms with Crippen molar-refractivity contribution in [3.05, 3.63) is 48.0 Å². The van der Waals surface area contributed by atoms with Crippen molar-refractivity contribution >= 4 is 15.8 Å². The number of hydrogen-bond donors (Lipinski definition) is 1. The van der Waals surface area contributed by atoms with Crippen LogP contribution in [0.3, 0.4) is 0 Å². The molecule has 2 aromatic rings. The van der Waals surface area contributed by atoms with E-state index >= 15 is 0 Å². The molecule has 0 amide bonds. The molecule has 0 aromatic heterocycles. The van der Waals surface area contributed by atoms with Crippen molar-refractivity contribution in [3.63, 3.8) is 0 Å². The number of sulfone groups is 1. The molecular formula is C13H8O4S. The summed E-state index contributed by atoms with van der Waals surface area (Å²) in [4.78, 5) is 11.2. The molecule has 4 nitrogen and oxygen atoms in total. The Balaban J connectivity index is 2.39. The summed E-state index contributed by atoms with van der Waals surface area (Å²) in [5.41, 5.74) is 1.17. The first-order valence-electron chi connectivity index (χ1n) is 5.23. The van der Waals surface area contributed by atoms with Crippen LogP contribution < -0.4 is 0 Å². The summed E-state index contributed by atoms with van der Waals surface area (Å²) in [5.74, 6) is -1.14. The van der Waals surface area contributed by atoms with Crippen LogP contribution in [0.15, 0.2) is 52.3 Å². The number of carboxylic acid groups (broad SMARTS) is 1. The number of aromatic carboxylic acids is 1. The highest BCUT2D eigenvalue weighted by Gasteiger charge is 2.32. The van der Waals surface area contributed by atoms with Crippen LogP contribution in [-0.2, 0) is 9.84 Å². The van der Waals surface area contributed by atoms with E-state index in [1.54, 1.807) is 24.3 Å². The molecule has 0 aliphatic carbocycles. The maximum absolute atomic E-state index is 12.3. The number of benzene rings is 2. The Kier molecular flexibility index (Phi) is 2.09. The minimum absolute atomic E-state index is 0.0230. The molecule has 1 N–H and O–H groups in total. The van der Waals surface area contributed by atoms with Gasteiger partial charge in [-0.15, -0.1) is 0 Å². The second-order valence-electron chi connectivity index (χ2n) is 4.02. The van der Waals surface area contributed by atoms with Gasteiger partial charge in [-0.3, -0.25) is 0 Å². The average Bonchev–Trinajstić information content (AvgIpc) is 2.59. The van der Waals surface area contributed by atoms with Crippen molar-refractivity contribution in [2.75, 3.05) is 0 Å². The molecule has 0 bridgehead atoms. The molecule has 5 heteroatoms. The molecule has 2 aromatic carbocycles. The summed E-state index contributed by atoms with van der Waals surface area (Å²) >= 11 is 0. The molecule has 18 heavy (non-hydrogen) atoms. The van der Waals surface area contributed by atoms with E-state index in [1.165, 1.54) is 18.2 Å². The van der Waals surface area contributed by atoms with Crippen LogP contribution in [0.25, 0.3) is 11.1 Å². The molecule has 1 aliphatic rings. The maximum Gasteiger partial charge on any atom is 0.335 e. The molecule has 3 rings (SSSR count). The highest BCUT2D eigenvalue weighted by Crippen LogP contribution is 2.43. The van der Waals surface area contributed by atoms with Crippen LogP contribution in [0.1, 0.15) is 10.4 Å². The van der Waals surface area contributed by atoms with E-state index in [9.17, 15) is 13.2 Å². The third-order valence-electron chi connectivity index (χ3n) is 2.98. The van der Waals surface area contributed by atoms with Gasteiger partial charge in [0.25, 0.3) is 0 Å². The van der Waals surface area contributed by atoms with E-state index in [4.69, 9.17) is 5.11 Å². The second kappa shape index (κ2) is 3.43. The molecule has 0 atom stereocenters. The van der Waals surface area contributed by atoms with E-state index in [-0.39, 0.29) is 15.4 Å². The summed E-state index contributed by atoms with van der Waals surface area (Å²) in [6.45, 7) is 0. The molecular weight excluding hydrogens is 252 g/mol. The van der Waals surface area contributed by atoms with E-state index in [0.717, 1.165) is 0 Å².